The lowest BCUT2D eigenvalue weighted by Crippen LogP contribution is -2.27. The van der Waals surface area contributed by atoms with Gasteiger partial charge in [-0.2, -0.15) is 0 Å². The van der Waals surface area contributed by atoms with Crippen molar-refractivity contribution >= 4 is 45.0 Å². The Morgan fingerprint density at radius 2 is 2.00 bits per heavy atom. The van der Waals surface area contributed by atoms with E-state index in [1.807, 2.05) is 46.2 Å². The van der Waals surface area contributed by atoms with Gasteiger partial charge in [-0.25, -0.2) is 0 Å². The second-order valence-corrected chi connectivity index (χ2v) is 9.31. The molecule has 0 saturated heterocycles. The van der Waals surface area contributed by atoms with Crippen LogP contribution in [0.2, 0.25) is 0 Å². The molecule has 0 fully saturated rings. The number of fused-ring (bicyclic) bond motifs is 3. The van der Waals surface area contributed by atoms with Crippen molar-refractivity contribution in [2.45, 2.75) is 32.0 Å². The van der Waals surface area contributed by atoms with Gasteiger partial charge in [0, 0.05) is 6.54 Å². The maximum atomic E-state index is 13.1. The highest BCUT2D eigenvalue weighted by molar-refractivity contribution is 7.99. The number of nitrogens with zero attached hydrogens (tertiary/aromatic N) is 4. The van der Waals surface area contributed by atoms with Crippen molar-refractivity contribution in [1.82, 2.24) is 24.5 Å². The molecule has 156 valence electrons. The zero-order valence-electron chi connectivity index (χ0n) is 16.9. The van der Waals surface area contributed by atoms with Gasteiger partial charge in [-0.15, -0.1) is 21.5 Å². The van der Waals surface area contributed by atoms with Gasteiger partial charge < -0.3 is 5.32 Å². The van der Waals surface area contributed by atoms with Crippen molar-refractivity contribution in [3.63, 3.8) is 0 Å². The number of thiophene rings is 1. The monoisotopic (exact) mass is 441 g/mol. The summed E-state index contributed by atoms with van der Waals surface area (Å²) in [5.41, 5.74) is 1.71. The van der Waals surface area contributed by atoms with E-state index in [0.717, 1.165) is 17.5 Å². The van der Waals surface area contributed by atoms with Crippen molar-refractivity contribution in [1.29, 1.82) is 0 Å². The number of amides is 1. The molecule has 4 aromatic rings. The Balaban J connectivity index is 1.64. The smallest absolute Gasteiger partial charge is 0.273 e. The van der Waals surface area contributed by atoms with Gasteiger partial charge in [0.25, 0.3) is 5.56 Å². The fourth-order valence-electron chi connectivity index (χ4n) is 3.18. The first-order chi connectivity index (χ1) is 14.5. The molecule has 0 atom stereocenters. The van der Waals surface area contributed by atoms with Crippen LogP contribution in [0.1, 0.15) is 25.8 Å². The van der Waals surface area contributed by atoms with E-state index in [1.54, 1.807) is 4.57 Å². The number of aromatic nitrogens is 4. The fraction of sp³-hybridized carbons (Fsp3) is 0.333. The van der Waals surface area contributed by atoms with Crippen molar-refractivity contribution in [2.24, 2.45) is 5.92 Å². The number of nitrogens with one attached hydrogen (secondary N) is 1. The van der Waals surface area contributed by atoms with Gasteiger partial charge in [0.05, 0.1) is 17.8 Å². The Hall–Kier alpha value is -2.65. The summed E-state index contributed by atoms with van der Waals surface area (Å²) in [5, 5.41) is 14.0. The lowest BCUT2D eigenvalue weighted by Gasteiger charge is -2.10. The van der Waals surface area contributed by atoms with Gasteiger partial charge >= 0.3 is 0 Å². The van der Waals surface area contributed by atoms with Gasteiger partial charge in [0.2, 0.25) is 11.7 Å². The van der Waals surface area contributed by atoms with Gasteiger partial charge in [0.15, 0.2) is 5.16 Å². The Morgan fingerprint density at radius 1 is 1.20 bits per heavy atom. The molecule has 0 aliphatic rings. The maximum Gasteiger partial charge on any atom is 0.273 e. The first-order valence-electron chi connectivity index (χ1n) is 9.83. The summed E-state index contributed by atoms with van der Waals surface area (Å²) in [6.07, 6.45) is 0.950. The number of hydrogen-bond donors (Lipinski definition) is 1. The maximum absolute atomic E-state index is 13.1. The first kappa shape index (κ1) is 20.6. The Kier molecular flexibility index (Phi) is 6.19. The zero-order chi connectivity index (χ0) is 21.1. The van der Waals surface area contributed by atoms with Crippen LogP contribution in [0.25, 0.3) is 16.0 Å². The van der Waals surface area contributed by atoms with Crippen molar-refractivity contribution < 1.29 is 4.79 Å². The zero-order valence-corrected chi connectivity index (χ0v) is 18.5. The number of carbonyl (C=O) groups is 1. The minimum Gasteiger partial charge on any atom is -0.355 e. The molecule has 4 rings (SSSR count). The molecule has 30 heavy (non-hydrogen) atoms. The molecule has 0 unspecified atom stereocenters. The van der Waals surface area contributed by atoms with Crippen LogP contribution in [-0.2, 0) is 11.3 Å². The Morgan fingerprint density at radius 3 is 2.77 bits per heavy atom. The normalized spacial score (nSPS) is 11.6. The molecule has 1 amide bonds. The highest BCUT2D eigenvalue weighted by atomic mass is 32.2. The molecule has 0 aliphatic heterocycles. The van der Waals surface area contributed by atoms with Gasteiger partial charge in [-0.05, 0) is 29.3 Å². The number of hydrogen-bond acceptors (Lipinski definition) is 6. The third-order valence-electron chi connectivity index (χ3n) is 4.74. The van der Waals surface area contributed by atoms with Gasteiger partial charge in [-0.1, -0.05) is 55.9 Å². The number of thioether (sulfide) groups is 1. The van der Waals surface area contributed by atoms with Crippen LogP contribution in [0.5, 0.6) is 0 Å². The molecular formula is C21H23N5O2S2. The largest absolute Gasteiger partial charge is 0.355 e. The molecule has 0 bridgehead atoms. The predicted molar refractivity (Wildman–Crippen MR) is 121 cm³/mol. The fourth-order valence-corrected chi connectivity index (χ4v) is 4.78. The molecule has 0 saturated carbocycles. The lowest BCUT2D eigenvalue weighted by molar-refractivity contribution is -0.118. The van der Waals surface area contributed by atoms with E-state index >= 15 is 0 Å². The van der Waals surface area contributed by atoms with Crippen LogP contribution in [0.15, 0.2) is 51.7 Å². The summed E-state index contributed by atoms with van der Waals surface area (Å²) in [5.74, 6) is 1.25. The van der Waals surface area contributed by atoms with Crippen LogP contribution in [-0.4, -0.2) is 37.4 Å². The van der Waals surface area contributed by atoms with Gasteiger partial charge in [-0.3, -0.25) is 18.6 Å². The van der Waals surface area contributed by atoms with Crippen LogP contribution < -0.4 is 10.9 Å². The first-order valence-corrected chi connectivity index (χ1v) is 11.7. The summed E-state index contributed by atoms with van der Waals surface area (Å²) in [7, 11) is 0. The highest BCUT2D eigenvalue weighted by Crippen LogP contribution is 2.24. The molecule has 0 radical (unpaired) electrons. The number of rotatable bonds is 8. The third-order valence-corrected chi connectivity index (χ3v) is 6.56. The highest BCUT2D eigenvalue weighted by Gasteiger charge is 2.18. The Bertz CT molecular complexity index is 1230. The van der Waals surface area contributed by atoms with Crippen LogP contribution >= 0.6 is 23.1 Å². The molecule has 1 aromatic carbocycles. The molecule has 1 N–H and O–H groups in total. The minimum atomic E-state index is -0.0771. The van der Waals surface area contributed by atoms with Crippen LogP contribution in [0.3, 0.4) is 0 Å². The molecule has 7 nitrogen and oxygen atoms in total. The second-order valence-electron chi connectivity index (χ2n) is 7.45. The summed E-state index contributed by atoms with van der Waals surface area (Å²) in [6.45, 7) is 5.34. The van der Waals surface area contributed by atoms with Crippen LogP contribution in [0, 0.1) is 5.92 Å². The second kappa shape index (κ2) is 9.01. The van der Waals surface area contributed by atoms with Crippen molar-refractivity contribution in [3.8, 4) is 0 Å². The van der Waals surface area contributed by atoms with E-state index in [0.29, 0.717) is 34.6 Å². The topological polar surface area (TPSA) is 81.3 Å². The number of benzene rings is 1. The number of carbonyl (C=O) groups excluding carboxylic acids is 1. The molecule has 9 heteroatoms. The van der Waals surface area contributed by atoms with E-state index in [4.69, 9.17) is 0 Å². The SMILES string of the molecule is CC(C)CCNC(=O)CSc1nnc2n(Cc3ccccc3)c(=O)c3sccc3n12. The third kappa shape index (κ3) is 4.27. The molecule has 0 spiro atoms. The predicted octanol–water partition coefficient (Wildman–Crippen LogP) is 3.41. The van der Waals surface area contributed by atoms with E-state index in [1.165, 1.54) is 23.1 Å². The lowest BCUT2D eigenvalue weighted by atomic mass is 10.1. The van der Waals surface area contributed by atoms with Crippen LogP contribution in [0.4, 0.5) is 0 Å². The Labute approximate surface area is 182 Å². The quantitative estimate of drug-likeness (QED) is 0.424. The molecule has 3 aromatic heterocycles. The average molecular weight is 442 g/mol. The summed E-state index contributed by atoms with van der Waals surface area (Å²) in [6, 6.07) is 11.7. The molecular weight excluding hydrogens is 418 g/mol. The molecule has 0 aliphatic carbocycles. The van der Waals surface area contributed by atoms with E-state index in [9.17, 15) is 9.59 Å². The summed E-state index contributed by atoms with van der Waals surface area (Å²) >= 11 is 2.73. The standard InChI is InChI=1S/C21H23N5O2S2/c1-14(2)8-10-22-17(27)13-30-21-24-23-20-25(12-15-6-4-3-5-7-15)19(28)18-16(26(20)21)9-11-29-18/h3-7,9,11,14H,8,10,12-13H2,1-2H3,(H,22,27). The van der Waals surface area contributed by atoms with Crippen molar-refractivity contribution in [2.75, 3.05) is 12.3 Å². The van der Waals surface area contributed by atoms with Gasteiger partial charge in [0.1, 0.15) is 4.70 Å². The van der Waals surface area contributed by atoms with Crippen molar-refractivity contribution in [3.05, 3.63) is 57.7 Å². The van der Waals surface area contributed by atoms with E-state index in [-0.39, 0.29) is 17.2 Å². The van der Waals surface area contributed by atoms with E-state index in [2.05, 4.69) is 29.4 Å². The van der Waals surface area contributed by atoms with E-state index < -0.39 is 0 Å². The summed E-state index contributed by atoms with van der Waals surface area (Å²) < 4.78 is 4.18. The average Bonchev–Trinajstić information content (AvgIpc) is 3.37. The molecule has 3 heterocycles. The summed E-state index contributed by atoms with van der Waals surface area (Å²) in [4.78, 5) is 25.3. The minimum absolute atomic E-state index is 0.0310.